The zero-order valence-corrected chi connectivity index (χ0v) is 11.9. The van der Waals surface area contributed by atoms with Crippen LogP contribution in [0.5, 0.6) is 0 Å². The molecule has 1 aliphatic rings. The Morgan fingerprint density at radius 2 is 2.10 bits per heavy atom. The number of nitrogens with zero attached hydrogens (tertiary/aromatic N) is 1. The fourth-order valence-electron chi connectivity index (χ4n) is 3.09. The molecule has 1 atom stereocenters. The molecule has 4 heteroatoms. The normalized spacial score (nSPS) is 15.5. The second-order valence-corrected chi connectivity index (χ2v) is 5.65. The van der Waals surface area contributed by atoms with E-state index in [4.69, 9.17) is 0 Å². The number of aromatic nitrogens is 1. The highest BCUT2D eigenvalue weighted by Gasteiger charge is 2.20. The zero-order valence-electron chi connectivity index (χ0n) is 11.9. The van der Waals surface area contributed by atoms with Gasteiger partial charge in [0.15, 0.2) is 0 Å². The third kappa shape index (κ3) is 2.10. The Morgan fingerprint density at radius 1 is 1.40 bits per heavy atom. The maximum absolute atomic E-state index is 11.2. The van der Waals surface area contributed by atoms with Crippen molar-refractivity contribution in [2.75, 3.05) is 0 Å². The van der Waals surface area contributed by atoms with E-state index in [9.17, 15) is 9.90 Å². The van der Waals surface area contributed by atoms with Crippen molar-refractivity contribution in [2.45, 2.75) is 32.9 Å². The van der Waals surface area contributed by atoms with Crippen LogP contribution in [0.25, 0.3) is 10.9 Å². The highest BCUT2D eigenvalue weighted by molar-refractivity contribution is 5.86. The van der Waals surface area contributed by atoms with Crippen LogP contribution >= 0.6 is 0 Å². The van der Waals surface area contributed by atoms with Gasteiger partial charge in [-0.15, -0.1) is 0 Å². The van der Waals surface area contributed by atoms with Gasteiger partial charge in [0.2, 0.25) is 0 Å². The SMILES string of the molecule is CCC(Cc1cn(C)c2cc3c(cc12)CNC3)C(=O)O. The summed E-state index contributed by atoms with van der Waals surface area (Å²) in [4.78, 5) is 11.2. The minimum atomic E-state index is -0.702. The van der Waals surface area contributed by atoms with Crippen LogP contribution in [0.2, 0.25) is 0 Å². The third-order valence-corrected chi connectivity index (χ3v) is 4.33. The number of nitrogens with one attached hydrogen (secondary N) is 1. The molecule has 0 bridgehead atoms. The standard InChI is InChI=1S/C16H20N2O2/c1-3-10(16(19)20)4-13-9-18(2)15-6-12-8-17-7-11(12)5-14(13)15/h5-6,9-10,17H,3-4,7-8H2,1-2H3,(H,19,20). The summed E-state index contributed by atoms with van der Waals surface area (Å²) >= 11 is 0. The molecule has 0 fully saturated rings. The van der Waals surface area contributed by atoms with Gasteiger partial charge in [0.05, 0.1) is 5.92 Å². The second kappa shape index (κ2) is 4.94. The molecule has 0 amide bonds. The number of benzene rings is 1. The van der Waals surface area contributed by atoms with Gasteiger partial charge in [0.25, 0.3) is 0 Å². The van der Waals surface area contributed by atoms with Crippen LogP contribution < -0.4 is 5.32 Å². The Hall–Kier alpha value is -1.81. The van der Waals surface area contributed by atoms with E-state index < -0.39 is 5.97 Å². The first kappa shape index (κ1) is 13.2. The van der Waals surface area contributed by atoms with Crippen molar-refractivity contribution in [3.63, 3.8) is 0 Å². The minimum Gasteiger partial charge on any atom is -0.481 e. The Labute approximate surface area is 118 Å². The van der Waals surface area contributed by atoms with Gasteiger partial charge in [0.1, 0.15) is 0 Å². The maximum Gasteiger partial charge on any atom is 0.306 e. The summed E-state index contributed by atoms with van der Waals surface area (Å²) < 4.78 is 2.11. The number of hydrogen-bond acceptors (Lipinski definition) is 2. The molecular weight excluding hydrogens is 252 g/mol. The number of carboxylic acids is 1. The first-order chi connectivity index (χ1) is 9.60. The molecule has 0 saturated heterocycles. The molecule has 0 radical (unpaired) electrons. The third-order valence-electron chi connectivity index (χ3n) is 4.33. The molecule has 106 valence electrons. The molecule has 2 aromatic rings. The number of aryl methyl sites for hydroxylation is 1. The van der Waals surface area contributed by atoms with E-state index >= 15 is 0 Å². The molecule has 1 aromatic heterocycles. The van der Waals surface area contributed by atoms with Crippen molar-refractivity contribution in [3.05, 3.63) is 35.0 Å². The minimum absolute atomic E-state index is 0.299. The van der Waals surface area contributed by atoms with Crippen LogP contribution in [0.4, 0.5) is 0 Å². The smallest absolute Gasteiger partial charge is 0.306 e. The van der Waals surface area contributed by atoms with Crippen molar-refractivity contribution in [3.8, 4) is 0 Å². The van der Waals surface area contributed by atoms with E-state index in [1.807, 2.05) is 14.0 Å². The second-order valence-electron chi connectivity index (χ2n) is 5.65. The van der Waals surface area contributed by atoms with E-state index in [1.165, 1.54) is 22.0 Å². The summed E-state index contributed by atoms with van der Waals surface area (Å²) in [6.07, 6.45) is 3.35. The molecule has 0 spiro atoms. The molecule has 2 heterocycles. The van der Waals surface area contributed by atoms with Crippen LogP contribution in [-0.2, 0) is 31.4 Å². The zero-order chi connectivity index (χ0) is 14.3. The number of carboxylic acid groups (broad SMARTS) is 1. The van der Waals surface area contributed by atoms with Gasteiger partial charge in [-0.2, -0.15) is 0 Å². The van der Waals surface area contributed by atoms with Gasteiger partial charge in [-0.25, -0.2) is 0 Å². The lowest BCUT2D eigenvalue weighted by Crippen LogP contribution is -2.15. The fourth-order valence-corrected chi connectivity index (χ4v) is 3.09. The van der Waals surface area contributed by atoms with Crippen LogP contribution in [0.1, 0.15) is 30.0 Å². The van der Waals surface area contributed by atoms with E-state index in [1.54, 1.807) is 0 Å². The van der Waals surface area contributed by atoms with Crippen molar-refractivity contribution in [1.82, 2.24) is 9.88 Å². The lowest BCUT2D eigenvalue weighted by molar-refractivity contribution is -0.141. The lowest BCUT2D eigenvalue weighted by Gasteiger charge is -2.08. The predicted molar refractivity (Wildman–Crippen MR) is 78.6 cm³/mol. The number of rotatable bonds is 4. The number of hydrogen-bond donors (Lipinski definition) is 2. The van der Waals surface area contributed by atoms with Gasteiger partial charge >= 0.3 is 5.97 Å². The Balaban J connectivity index is 2.05. The molecule has 1 unspecified atom stereocenters. The summed E-state index contributed by atoms with van der Waals surface area (Å²) in [6, 6.07) is 4.46. The van der Waals surface area contributed by atoms with Crippen LogP contribution in [-0.4, -0.2) is 15.6 Å². The fraction of sp³-hybridized carbons (Fsp3) is 0.438. The topological polar surface area (TPSA) is 54.3 Å². The Kier molecular flexibility index (Phi) is 3.26. The molecular formula is C16H20N2O2. The monoisotopic (exact) mass is 272 g/mol. The van der Waals surface area contributed by atoms with Gasteiger partial charge in [-0.3, -0.25) is 4.79 Å². The molecule has 3 rings (SSSR count). The first-order valence-corrected chi connectivity index (χ1v) is 7.13. The van der Waals surface area contributed by atoms with Crippen molar-refractivity contribution in [2.24, 2.45) is 13.0 Å². The van der Waals surface area contributed by atoms with E-state index in [0.29, 0.717) is 12.8 Å². The molecule has 1 aromatic carbocycles. The quantitative estimate of drug-likeness (QED) is 0.899. The number of fused-ring (bicyclic) bond motifs is 2. The van der Waals surface area contributed by atoms with Crippen LogP contribution in [0, 0.1) is 5.92 Å². The highest BCUT2D eigenvalue weighted by atomic mass is 16.4. The molecule has 0 saturated carbocycles. The summed E-state index contributed by atoms with van der Waals surface area (Å²) in [5, 5.41) is 13.8. The average molecular weight is 272 g/mol. The van der Waals surface area contributed by atoms with Crippen LogP contribution in [0.15, 0.2) is 18.3 Å². The lowest BCUT2D eigenvalue weighted by atomic mass is 9.95. The largest absolute Gasteiger partial charge is 0.481 e. The van der Waals surface area contributed by atoms with Crippen molar-refractivity contribution in [1.29, 1.82) is 0 Å². The highest BCUT2D eigenvalue weighted by Crippen LogP contribution is 2.29. The summed E-state index contributed by atoms with van der Waals surface area (Å²) in [7, 11) is 2.03. The van der Waals surface area contributed by atoms with Gasteiger partial charge in [-0.05, 0) is 41.7 Å². The van der Waals surface area contributed by atoms with Crippen LogP contribution in [0.3, 0.4) is 0 Å². The first-order valence-electron chi connectivity index (χ1n) is 7.13. The molecule has 0 aliphatic carbocycles. The van der Waals surface area contributed by atoms with E-state index in [0.717, 1.165) is 18.7 Å². The predicted octanol–water partition coefficient (Wildman–Crippen LogP) is 2.43. The summed E-state index contributed by atoms with van der Waals surface area (Å²) in [5.41, 5.74) is 5.04. The molecule has 4 nitrogen and oxygen atoms in total. The van der Waals surface area contributed by atoms with Crippen molar-refractivity contribution < 1.29 is 9.90 Å². The molecule has 2 N–H and O–H groups in total. The number of aliphatic carboxylic acids is 1. The number of carbonyl (C=O) groups is 1. The summed E-state index contributed by atoms with van der Waals surface area (Å²) in [6.45, 7) is 3.78. The average Bonchev–Trinajstić information content (AvgIpc) is 2.98. The molecule has 20 heavy (non-hydrogen) atoms. The van der Waals surface area contributed by atoms with Gasteiger partial charge < -0.3 is 15.0 Å². The van der Waals surface area contributed by atoms with E-state index in [2.05, 4.69) is 28.2 Å². The van der Waals surface area contributed by atoms with Gasteiger partial charge in [0, 0.05) is 37.2 Å². The Morgan fingerprint density at radius 3 is 2.75 bits per heavy atom. The summed E-state index contributed by atoms with van der Waals surface area (Å²) in [5.74, 6) is -1.00. The Bertz CT molecular complexity index is 673. The maximum atomic E-state index is 11.2. The van der Waals surface area contributed by atoms with Crippen molar-refractivity contribution >= 4 is 16.9 Å². The van der Waals surface area contributed by atoms with E-state index in [-0.39, 0.29) is 5.92 Å². The molecule has 1 aliphatic heterocycles. The van der Waals surface area contributed by atoms with Gasteiger partial charge in [-0.1, -0.05) is 6.92 Å².